The maximum absolute atomic E-state index is 12.2. The predicted octanol–water partition coefficient (Wildman–Crippen LogP) is 0.394. The van der Waals surface area contributed by atoms with Gasteiger partial charge in [0.25, 0.3) is 11.5 Å². The number of carbonyl (C=O) groups excluding carboxylic acids is 2. The summed E-state index contributed by atoms with van der Waals surface area (Å²) >= 11 is 0. The lowest BCUT2D eigenvalue weighted by atomic mass is 10.0. The monoisotopic (exact) mass is 306 g/mol. The highest BCUT2D eigenvalue weighted by Crippen LogP contribution is 2.10. The van der Waals surface area contributed by atoms with Crippen molar-refractivity contribution >= 4 is 11.8 Å². The molecule has 0 saturated carbocycles. The smallest absolute Gasteiger partial charge is 0.271 e. The van der Waals surface area contributed by atoms with E-state index < -0.39 is 0 Å². The molecule has 0 atom stereocenters. The molecule has 1 aliphatic heterocycles. The largest absolute Gasteiger partial charge is 0.348 e. The molecule has 0 aromatic carbocycles. The summed E-state index contributed by atoms with van der Waals surface area (Å²) in [6.07, 6.45) is 2.25. The van der Waals surface area contributed by atoms with Gasteiger partial charge in [-0.3, -0.25) is 14.4 Å². The molecule has 0 radical (unpaired) electrons. The number of hydrogen-bond acceptors (Lipinski definition) is 4. The number of rotatable bonds is 4. The van der Waals surface area contributed by atoms with E-state index >= 15 is 0 Å². The topological polar surface area (TPSA) is 84.3 Å². The zero-order valence-electron chi connectivity index (χ0n) is 13.0. The first-order chi connectivity index (χ1) is 10.5. The van der Waals surface area contributed by atoms with Crippen molar-refractivity contribution in [3.8, 4) is 0 Å². The Hall–Kier alpha value is -2.18. The summed E-state index contributed by atoms with van der Waals surface area (Å²) in [5, 5.41) is 7.03. The minimum atomic E-state index is -0.272. The number of nitrogens with zero attached hydrogens (tertiary/aromatic N) is 3. The minimum absolute atomic E-state index is 0.0384. The molecule has 1 aromatic rings. The van der Waals surface area contributed by atoms with Crippen molar-refractivity contribution in [2.24, 2.45) is 0 Å². The number of nitrogens with one attached hydrogen (secondary N) is 1. The number of carbonyl (C=O) groups is 2. The van der Waals surface area contributed by atoms with Gasteiger partial charge in [-0.15, -0.1) is 0 Å². The van der Waals surface area contributed by atoms with Gasteiger partial charge in [-0.1, -0.05) is 6.92 Å². The Morgan fingerprint density at radius 3 is 2.59 bits per heavy atom. The zero-order valence-corrected chi connectivity index (χ0v) is 13.0. The Kier molecular flexibility index (Phi) is 5.30. The standard InChI is InChI=1S/C15H22N4O3/c1-3-8-19-14(21)5-4-13(17-19)15(22)16-12-6-9-18(10-7-12)11(2)20/h4-5,12H,3,6-10H2,1-2H3,(H,16,22). The van der Waals surface area contributed by atoms with E-state index in [1.165, 1.54) is 16.8 Å². The Morgan fingerprint density at radius 1 is 1.32 bits per heavy atom. The molecule has 0 unspecified atom stereocenters. The first-order valence-electron chi connectivity index (χ1n) is 7.65. The van der Waals surface area contributed by atoms with E-state index in [0.29, 0.717) is 19.6 Å². The molecule has 2 rings (SSSR count). The second-order valence-corrected chi connectivity index (χ2v) is 5.53. The molecule has 2 heterocycles. The summed E-state index contributed by atoms with van der Waals surface area (Å²) in [6, 6.07) is 2.86. The number of piperidine rings is 1. The van der Waals surface area contributed by atoms with Gasteiger partial charge in [0.15, 0.2) is 0 Å². The van der Waals surface area contributed by atoms with Crippen LogP contribution in [0.2, 0.25) is 0 Å². The van der Waals surface area contributed by atoms with Gasteiger partial charge in [-0.05, 0) is 25.3 Å². The minimum Gasteiger partial charge on any atom is -0.348 e. The quantitative estimate of drug-likeness (QED) is 0.872. The van der Waals surface area contributed by atoms with Crippen LogP contribution in [0, 0.1) is 0 Å². The van der Waals surface area contributed by atoms with Crippen LogP contribution < -0.4 is 10.9 Å². The molecule has 1 N–H and O–H groups in total. The van der Waals surface area contributed by atoms with Crippen molar-refractivity contribution in [3.05, 3.63) is 28.2 Å². The lowest BCUT2D eigenvalue weighted by molar-refractivity contribution is -0.129. The fourth-order valence-electron chi connectivity index (χ4n) is 2.54. The summed E-state index contributed by atoms with van der Waals surface area (Å²) in [5.41, 5.74) is 0.0511. The van der Waals surface area contributed by atoms with Gasteiger partial charge in [0.1, 0.15) is 5.69 Å². The highest BCUT2D eigenvalue weighted by atomic mass is 16.2. The second-order valence-electron chi connectivity index (χ2n) is 5.53. The third-order valence-corrected chi connectivity index (χ3v) is 3.81. The summed E-state index contributed by atoms with van der Waals surface area (Å²) < 4.78 is 1.31. The molecule has 0 spiro atoms. The van der Waals surface area contributed by atoms with Crippen molar-refractivity contribution < 1.29 is 9.59 Å². The molecule has 22 heavy (non-hydrogen) atoms. The Balaban J connectivity index is 1.97. The summed E-state index contributed by atoms with van der Waals surface area (Å²) in [5.74, 6) is -0.204. The molecule has 1 aromatic heterocycles. The van der Waals surface area contributed by atoms with Crippen LogP contribution >= 0.6 is 0 Å². The molecular weight excluding hydrogens is 284 g/mol. The molecular formula is C15H22N4O3. The van der Waals surface area contributed by atoms with E-state index in [-0.39, 0.29) is 29.1 Å². The number of likely N-dealkylation sites (tertiary alicyclic amines) is 1. The molecule has 1 saturated heterocycles. The van der Waals surface area contributed by atoms with Gasteiger partial charge >= 0.3 is 0 Å². The van der Waals surface area contributed by atoms with Crippen molar-refractivity contribution in [3.63, 3.8) is 0 Å². The third-order valence-electron chi connectivity index (χ3n) is 3.81. The maximum Gasteiger partial charge on any atom is 0.271 e. The number of amides is 2. The van der Waals surface area contributed by atoms with Crippen LogP contribution in [-0.2, 0) is 11.3 Å². The SMILES string of the molecule is CCCn1nc(C(=O)NC2CCN(C(C)=O)CC2)ccc1=O. The highest BCUT2D eigenvalue weighted by molar-refractivity contribution is 5.92. The van der Waals surface area contributed by atoms with Crippen LogP contribution in [0.5, 0.6) is 0 Å². The van der Waals surface area contributed by atoms with E-state index in [0.717, 1.165) is 19.3 Å². The molecule has 7 heteroatoms. The number of aromatic nitrogens is 2. The van der Waals surface area contributed by atoms with Crippen molar-refractivity contribution in [1.29, 1.82) is 0 Å². The lowest BCUT2D eigenvalue weighted by Crippen LogP contribution is -2.46. The molecule has 7 nitrogen and oxygen atoms in total. The second kappa shape index (κ2) is 7.20. The first kappa shape index (κ1) is 16.2. The third kappa shape index (κ3) is 3.93. The van der Waals surface area contributed by atoms with Crippen LogP contribution in [0.1, 0.15) is 43.6 Å². The van der Waals surface area contributed by atoms with Crippen LogP contribution in [0.4, 0.5) is 0 Å². The maximum atomic E-state index is 12.2. The fraction of sp³-hybridized carbons (Fsp3) is 0.600. The predicted molar refractivity (Wildman–Crippen MR) is 81.5 cm³/mol. The van der Waals surface area contributed by atoms with Gasteiger partial charge in [-0.2, -0.15) is 5.10 Å². The Labute approximate surface area is 129 Å². The van der Waals surface area contributed by atoms with E-state index in [2.05, 4.69) is 10.4 Å². The normalized spacial score (nSPS) is 15.6. The molecule has 0 aliphatic carbocycles. The average Bonchev–Trinajstić information content (AvgIpc) is 2.50. The Bertz CT molecular complexity index is 603. The van der Waals surface area contributed by atoms with Gasteiger partial charge in [0.2, 0.25) is 5.91 Å². The Morgan fingerprint density at radius 2 is 2.00 bits per heavy atom. The van der Waals surface area contributed by atoms with Crippen LogP contribution in [-0.4, -0.2) is 45.6 Å². The van der Waals surface area contributed by atoms with Gasteiger partial charge < -0.3 is 10.2 Å². The van der Waals surface area contributed by atoms with Gasteiger partial charge in [0, 0.05) is 38.7 Å². The fourth-order valence-corrected chi connectivity index (χ4v) is 2.54. The average molecular weight is 306 g/mol. The van der Waals surface area contributed by atoms with Crippen molar-refractivity contribution in [2.45, 2.75) is 45.7 Å². The molecule has 1 fully saturated rings. The van der Waals surface area contributed by atoms with Crippen LogP contribution in [0.3, 0.4) is 0 Å². The van der Waals surface area contributed by atoms with Gasteiger partial charge in [0.05, 0.1) is 0 Å². The summed E-state index contributed by atoms with van der Waals surface area (Å²) in [7, 11) is 0. The van der Waals surface area contributed by atoms with E-state index in [9.17, 15) is 14.4 Å². The molecule has 120 valence electrons. The van der Waals surface area contributed by atoms with E-state index in [1.807, 2.05) is 6.92 Å². The van der Waals surface area contributed by atoms with E-state index in [1.54, 1.807) is 11.8 Å². The van der Waals surface area contributed by atoms with E-state index in [4.69, 9.17) is 0 Å². The first-order valence-corrected chi connectivity index (χ1v) is 7.65. The van der Waals surface area contributed by atoms with Crippen molar-refractivity contribution in [2.75, 3.05) is 13.1 Å². The van der Waals surface area contributed by atoms with Crippen LogP contribution in [0.25, 0.3) is 0 Å². The lowest BCUT2D eigenvalue weighted by Gasteiger charge is -2.31. The molecule has 1 aliphatic rings. The zero-order chi connectivity index (χ0) is 16.1. The number of hydrogen-bond donors (Lipinski definition) is 1. The van der Waals surface area contributed by atoms with Gasteiger partial charge in [-0.25, -0.2) is 4.68 Å². The molecule has 0 bridgehead atoms. The summed E-state index contributed by atoms with van der Waals surface area (Å²) in [4.78, 5) is 36.9. The van der Waals surface area contributed by atoms with Crippen molar-refractivity contribution in [1.82, 2.24) is 20.0 Å². The highest BCUT2D eigenvalue weighted by Gasteiger charge is 2.22. The van der Waals surface area contributed by atoms with Crippen LogP contribution in [0.15, 0.2) is 16.9 Å². The number of aryl methyl sites for hydroxylation is 1. The molecule has 2 amide bonds. The summed E-state index contributed by atoms with van der Waals surface area (Å²) in [6.45, 7) is 5.31.